The lowest BCUT2D eigenvalue weighted by Gasteiger charge is -2.12. The van der Waals surface area contributed by atoms with Gasteiger partial charge in [-0.3, -0.25) is 0 Å². The molecule has 0 aliphatic heterocycles. The van der Waals surface area contributed by atoms with Crippen molar-refractivity contribution in [3.63, 3.8) is 0 Å². The Bertz CT molecular complexity index is 671. The molecule has 0 unspecified atom stereocenters. The fraction of sp³-hybridized carbons (Fsp3) is 0.545. The standard InChI is InChI=1S/C11H20N4O4S2/c1-4-12-11-9-10(5-6-13-11)21(18,19)14-7-8-20(16,17)15(2)3/h5-6,9,14H,4,7-8H2,1-3H3,(H,12,13). The van der Waals surface area contributed by atoms with E-state index in [4.69, 9.17) is 0 Å². The molecule has 0 bridgehead atoms. The highest BCUT2D eigenvalue weighted by molar-refractivity contribution is 7.90. The number of pyridine rings is 1. The van der Waals surface area contributed by atoms with E-state index >= 15 is 0 Å². The summed E-state index contributed by atoms with van der Waals surface area (Å²) in [6.45, 7) is 2.29. The maximum atomic E-state index is 12.1. The summed E-state index contributed by atoms with van der Waals surface area (Å²) >= 11 is 0. The molecule has 0 aliphatic carbocycles. The maximum absolute atomic E-state index is 12.1. The molecule has 0 saturated carbocycles. The van der Waals surface area contributed by atoms with Crippen LogP contribution in [0, 0.1) is 0 Å². The van der Waals surface area contributed by atoms with Crippen LogP contribution in [-0.4, -0.2) is 59.1 Å². The number of rotatable bonds is 8. The molecule has 1 aromatic rings. The van der Waals surface area contributed by atoms with Gasteiger partial charge in [-0.1, -0.05) is 0 Å². The van der Waals surface area contributed by atoms with Gasteiger partial charge in [-0.25, -0.2) is 30.8 Å². The van der Waals surface area contributed by atoms with Gasteiger partial charge in [-0.05, 0) is 13.0 Å². The first-order valence-corrected chi connectivity index (χ1v) is 9.38. The number of nitrogens with one attached hydrogen (secondary N) is 2. The van der Waals surface area contributed by atoms with E-state index < -0.39 is 20.0 Å². The molecule has 1 rings (SSSR count). The lowest BCUT2D eigenvalue weighted by Crippen LogP contribution is -2.34. The summed E-state index contributed by atoms with van der Waals surface area (Å²) in [5.41, 5.74) is 0. The van der Waals surface area contributed by atoms with Crippen molar-refractivity contribution in [3.05, 3.63) is 18.3 Å². The number of anilines is 1. The third-order valence-corrected chi connectivity index (χ3v) is 5.90. The highest BCUT2D eigenvalue weighted by atomic mass is 32.2. The van der Waals surface area contributed by atoms with Gasteiger partial charge in [-0.15, -0.1) is 0 Å². The number of sulfonamides is 2. The molecule has 0 atom stereocenters. The quantitative estimate of drug-likeness (QED) is 0.674. The van der Waals surface area contributed by atoms with Gasteiger partial charge in [0.25, 0.3) is 0 Å². The summed E-state index contributed by atoms with van der Waals surface area (Å²) in [5, 5.41) is 2.91. The van der Waals surface area contributed by atoms with Crippen molar-refractivity contribution in [2.75, 3.05) is 38.3 Å². The molecule has 8 nitrogen and oxygen atoms in total. The Hall–Kier alpha value is -1.23. The number of aromatic nitrogens is 1. The SMILES string of the molecule is CCNc1cc(S(=O)(=O)NCCS(=O)(=O)N(C)C)ccn1. The van der Waals surface area contributed by atoms with Crippen molar-refractivity contribution in [1.29, 1.82) is 0 Å². The average Bonchev–Trinajstić information content (AvgIpc) is 2.39. The first kappa shape index (κ1) is 17.8. The van der Waals surface area contributed by atoms with Crippen LogP contribution in [0.15, 0.2) is 23.2 Å². The summed E-state index contributed by atoms with van der Waals surface area (Å²) < 4.78 is 50.6. The van der Waals surface area contributed by atoms with E-state index in [1.165, 1.54) is 32.4 Å². The summed E-state index contributed by atoms with van der Waals surface area (Å²) in [7, 11) is -4.40. The zero-order valence-electron chi connectivity index (χ0n) is 12.2. The van der Waals surface area contributed by atoms with Crippen LogP contribution < -0.4 is 10.0 Å². The molecule has 0 fully saturated rings. The molecule has 0 aliphatic rings. The first-order valence-electron chi connectivity index (χ1n) is 6.29. The number of nitrogens with zero attached hydrogens (tertiary/aromatic N) is 2. The second-order valence-corrected chi connectivity index (χ2v) is 8.47. The van der Waals surface area contributed by atoms with Gasteiger partial charge in [0.15, 0.2) is 0 Å². The van der Waals surface area contributed by atoms with E-state index in [0.29, 0.717) is 12.4 Å². The maximum Gasteiger partial charge on any atom is 0.240 e. The van der Waals surface area contributed by atoms with Crippen LogP contribution in [0.3, 0.4) is 0 Å². The Balaban J connectivity index is 2.76. The molecule has 120 valence electrons. The van der Waals surface area contributed by atoms with Crippen molar-refractivity contribution in [2.45, 2.75) is 11.8 Å². The van der Waals surface area contributed by atoms with Crippen molar-refractivity contribution in [1.82, 2.24) is 14.0 Å². The van der Waals surface area contributed by atoms with Gasteiger partial charge in [0, 0.05) is 39.4 Å². The zero-order chi connectivity index (χ0) is 16.1. The highest BCUT2D eigenvalue weighted by Gasteiger charge is 2.18. The van der Waals surface area contributed by atoms with Gasteiger partial charge < -0.3 is 5.32 Å². The molecule has 1 aromatic heterocycles. The fourth-order valence-corrected chi connectivity index (χ4v) is 3.33. The predicted octanol–water partition coefficient (Wildman–Crippen LogP) is -0.317. The minimum atomic E-state index is -3.76. The second-order valence-electron chi connectivity index (χ2n) is 4.40. The average molecular weight is 336 g/mol. The monoisotopic (exact) mass is 336 g/mol. The third kappa shape index (κ3) is 5.23. The van der Waals surface area contributed by atoms with Gasteiger partial charge >= 0.3 is 0 Å². The minimum Gasteiger partial charge on any atom is -0.370 e. The Labute approximate surface area is 125 Å². The zero-order valence-corrected chi connectivity index (χ0v) is 13.8. The van der Waals surface area contributed by atoms with E-state index in [1.807, 2.05) is 6.92 Å². The van der Waals surface area contributed by atoms with E-state index in [1.54, 1.807) is 0 Å². The van der Waals surface area contributed by atoms with Crippen molar-refractivity contribution >= 4 is 25.9 Å². The summed E-state index contributed by atoms with van der Waals surface area (Å²) in [6.07, 6.45) is 1.38. The lowest BCUT2D eigenvalue weighted by atomic mass is 10.4. The minimum absolute atomic E-state index is 0.0377. The molecule has 0 aromatic carbocycles. The summed E-state index contributed by atoms with van der Waals surface area (Å²) in [4.78, 5) is 4.02. The van der Waals surface area contributed by atoms with Crippen LogP contribution >= 0.6 is 0 Å². The van der Waals surface area contributed by atoms with Gasteiger partial charge in [0.1, 0.15) is 5.82 Å². The molecular weight excluding hydrogens is 316 g/mol. The smallest absolute Gasteiger partial charge is 0.240 e. The molecule has 2 N–H and O–H groups in total. The van der Waals surface area contributed by atoms with Crippen molar-refractivity contribution < 1.29 is 16.8 Å². The normalized spacial score (nSPS) is 12.6. The number of hydrogen-bond donors (Lipinski definition) is 2. The lowest BCUT2D eigenvalue weighted by molar-refractivity contribution is 0.519. The van der Waals surface area contributed by atoms with Crippen LogP contribution in [0.2, 0.25) is 0 Å². The second kappa shape index (κ2) is 7.16. The van der Waals surface area contributed by atoms with Crippen molar-refractivity contribution in [3.8, 4) is 0 Å². The van der Waals surface area contributed by atoms with Crippen LogP contribution in [0.5, 0.6) is 0 Å². The Morgan fingerprint density at radius 1 is 1.24 bits per heavy atom. The van der Waals surface area contributed by atoms with E-state index in [0.717, 1.165) is 4.31 Å². The van der Waals surface area contributed by atoms with E-state index in [2.05, 4.69) is 15.0 Å². The topological polar surface area (TPSA) is 108 Å². The van der Waals surface area contributed by atoms with Crippen LogP contribution in [0.4, 0.5) is 5.82 Å². The largest absolute Gasteiger partial charge is 0.370 e. The van der Waals surface area contributed by atoms with Crippen molar-refractivity contribution in [2.24, 2.45) is 0 Å². The molecular formula is C11H20N4O4S2. The Morgan fingerprint density at radius 3 is 2.48 bits per heavy atom. The van der Waals surface area contributed by atoms with Gasteiger partial charge in [0.2, 0.25) is 20.0 Å². The molecule has 21 heavy (non-hydrogen) atoms. The predicted molar refractivity (Wildman–Crippen MR) is 81.1 cm³/mol. The van der Waals surface area contributed by atoms with Crippen LogP contribution in [0.1, 0.15) is 6.92 Å². The summed E-state index contributed by atoms with van der Waals surface area (Å²) in [6, 6.07) is 2.75. The first-order chi connectivity index (χ1) is 9.69. The molecule has 10 heteroatoms. The Kier molecular flexibility index (Phi) is 6.08. The van der Waals surface area contributed by atoms with E-state index in [-0.39, 0.29) is 17.2 Å². The Morgan fingerprint density at radius 2 is 1.90 bits per heavy atom. The van der Waals surface area contributed by atoms with Crippen LogP contribution in [0.25, 0.3) is 0 Å². The van der Waals surface area contributed by atoms with E-state index in [9.17, 15) is 16.8 Å². The van der Waals surface area contributed by atoms with Crippen LogP contribution in [-0.2, 0) is 20.0 Å². The third-order valence-electron chi connectivity index (χ3n) is 2.61. The van der Waals surface area contributed by atoms with Gasteiger partial charge in [0.05, 0.1) is 10.6 Å². The molecule has 0 amide bonds. The molecule has 0 spiro atoms. The fourth-order valence-electron chi connectivity index (χ4n) is 1.43. The van der Waals surface area contributed by atoms with Gasteiger partial charge in [-0.2, -0.15) is 0 Å². The summed E-state index contributed by atoms with van der Waals surface area (Å²) in [5.74, 6) is 0.144. The highest BCUT2D eigenvalue weighted by Crippen LogP contribution is 2.12. The molecule has 0 saturated heterocycles. The molecule has 1 heterocycles. The molecule has 0 radical (unpaired) electrons. The number of hydrogen-bond acceptors (Lipinski definition) is 6.